The van der Waals surface area contributed by atoms with Gasteiger partial charge in [0.2, 0.25) is 35.7 Å². The first-order valence-electron chi connectivity index (χ1n) is 42.9. The number of aromatic nitrogens is 6. The molecule has 4 fully saturated rings. The van der Waals surface area contributed by atoms with E-state index in [0.717, 1.165) is 268 Å². The summed E-state index contributed by atoms with van der Waals surface area (Å²) in [6.07, 6.45) is 28.4. The molecule has 0 spiro atoms. The maximum Gasteiger partial charge on any atom is 0.232 e. The van der Waals surface area contributed by atoms with Gasteiger partial charge in [-0.25, -0.2) is 0 Å². The van der Waals surface area contributed by atoms with Gasteiger partial charge in [-0.15, -0.1) is 0 Å². The number of hydroxylamine groups is 8. The zero-order valence-corrected chi connectivity index (χ0v) is 72.4. The first kappa shape index (κ1) is 89.4. The van der Waals surface area contributed by atoms with E-state index in [9.17, 15) is 0 Å². The van der Waals surface area contributed by atoms with Crippen LogP contribution in [0.1, 0.15) is 360 Å². The Morgan fingerprint density at radius 3 is 0.606 bits per heavy atom. The topological polar surface area (TPSA) is 147 Å². The van der Waals surface area contributed by atoms with Crippen LogP contribution >= 0.6 is 0 Å². The molecule has 104 heavy (non-hydrogen) atoms. The number of rotatable bonds is 47. The molecule has 0 aromatic carbocycles. The number of hydrogen-bond acceptors (Lipinski definition) is 20. The average Bonchev–Trinajstić information content (AvgIpc) is 0.763. The second kappa shape index (κ2) is 40.4. The highest BCUT2D eigenvalue weighted by Crippen LogP contribution is 2.47. The van der Waals surface area contributed by atoms with Crippen LogP contribution in [0.4, 0.5) is 35.7 Å². The third-order valence-corrected chi connectivity index (χ3v) is 22.7. The molecule has 0 N–H and O–H groups in total. The summed E-state index contributed by atoms with van der Waals surface area (Å²) in [5.74, 6) is 4.93. The molecule has 20 nitrogen and oxygen atoms in total. The van der Waals surface area contributed by atoms with E-state index in [1.807, 2.05) is 0 Å². The molecule has 4 aliphatic heterocycles. The number of unbranched alkanes of at least 4 members (excludes halogenated alkanes) is 9. The van der Waals surface area contributed by atoms with E-state index in [4.69, 9.17) is 49.3 Å². The molecule has 0 bridgehead atoms. The minimum Gasteiger partial charge on any atom is -0.341 e. The van der Waals surface area contributed by atoms with Crippen molar-refractivity contribution >= 4 is 35.7 Å². The van der Waals surface area contributed by atoms with Crippen LogP contribution in [-0.4, -0.2) is 197 Å². The molecule has 6 heterocycles. The van der Waals surface area contributed by atoms with Gasteiger partial charge >= 0.3 is 0 Å². The Hall–Kier alpha value is -3.50. The van der Waals surface area contributed by atoms with Gasteiger partial charge in [-0.2, -0.15) is 50.2 Å². The van der Waals surface area contributed by atoms with Gasteiger partial charge in [0, 0.05) is 121 Å². The van der Waals surface area contributed by atoms with Gasteiger partial charge in [0.1, 0.15) is 0 Å². The van der Waals surface area contributed by atoms with Crippen LogP contribution in [-0.2, 0) is 19.4 Å². The highest BCUT2D eigenvalue weighted by Gasteiger charge is 2.53. The lowest BCUT2D eigenvalue weighted by molar-refractivity contribution is -0.282. The van der Waals surface area contributed by atoms with E-state index in [2.05, 4.69) is 230 Å². The van der Waals surface area contributed by atoms with Crippen molar-refractivity contribution in [2.45, 2.75) is 428 Å². The monoisotopic (exact) mass is 1460 g/mol. The molecule has 0 radical (unpaired) electrons. The number of nitrogens with zero attached hydrogens (tertiary/aromatic N) is 16. The molecule has 6 rings (SSSR count). The minimum atomic E-state index is -0.277. The standard InChI is InChI=1S/C84H162N16O4/c1-27-37-47-91(48-38-28-2)71-85-72(92(49-39-29-3)50-40-30-4)87-73(86-71)95(69-63-81(19,20)99(103-57-35-9)82(21,22)64-69)53-45-43-44-46-54-96(70-65-83(23,24)100(104-58-36-10)84(25,26)66-70)76-89-74(93(51-41-31-5)67-59-77(11,12)97(101-55-33-7)78(13,14)60-67)88-75(90-76)94(52-42-32-6)68-61-79(15,16)98(102-56-34-8)80(17,18)62-68/h67-70H,27-66H2,1-26H3. The Labute approximate surface area is 638 Å². The van der Waals surface area contributed by atoms with Crippen LogP contribution < -0.4 is 29.4 Å². The normalized spacial score (nSPS) is 20.8. The summed E-state index contributed by atoms with van der Waals surface area (Å²) in [6.45, 7) is 70.8. The van der Waals surface area contributed by atoms with Crippen molar-refractivity contribution < 1.29 is 19.4 Å². The van der Waals surface area contributed by atoms with Crippen molar-refractivity contribution in [3.63, 3.8) is 0 Å². The molecule has 2 aromatic rings. The molecule has 2 aromatic heterocycles. The summed E-state index contributed by atoms with van der Waals surface area (Å²) >= 11 is 0. The zero-order valence-electron chi connectivity index (χ0n) is 72.4. The Kier molecular flexibility index (Phi) is 34.8. The minimum absolute atomic E-state index is 0.122. The quantitative estimate of drug-likeness (QED) is 0.0578. The van der Waals surface area contributed by atoms with Crippen molar-refractivity contribution in [2.24, 2.45) is 0 Å². The van der Waals surface area contributed by atoms with Gasteiger partial charge in [0.05, 0.1) is 26.4 Å². The molecule has 602 valence electrons. The maximum atomic E-state index is 6.80. The summed E-state index contributed by atoms with van der Waals surface area (Å²) in [7, 11) is 0. The molecule has 0 aliphatic carbocycles. The number of piperidine rings is 4. The SMILES string of the molecule is CCCCN(CCCC)c1nc(N(CCCC)CCCC)nc(N(CCCCCCN(c2nc(N(CCCC)C3CC(C)(C)N(OCCC)C(C)(C)C3)nc(N(CCCC)C3CC(C)(C)N(OCCC)C(C)(C)C3)n2)C2CC(C)(C)N(OCCC)C(C)(C)C2)C2CC(C)(C)N(OCCC)C(C)(C)C2)n1. The van der Waals surface area contributed by atoms with Gasteiger partial charge in [-0.3, -0.25) is 19.4 Å². The van der Waals surface area contributed by atoms with Crippen LogP contribution in [0.15, 0.2) is 0 Å². The fraction of sp³-hybridized carbons (Fsp3) is 0.929. The second-order valence-electron chi connectivity index (χ2n) is 37.0. The predicted molar refractivity (Wildman–Crippen MR) is 438 cm³/mol. The average molecular weight is 1460 g/mol. The lowest BCUT2D eigenvalue weighted by Gasteiger charge is -2.56. The third-order valence-electron chi connectivity index (χ3n) is 22.7. The van der Waals surface area contributed by atoms with Gasteiger partial charge in [-0.1, -0.05) is 121 Å². The maximum absolute atomic E-state index is 6.80. The summed E-state index contributed by atoms with van der Waals surface area (Å²) in [5, 5.41) is 9.34. The lowest BCUT2D eigenvalue weighted by Crippen LogP contribution is -2.65. The summed E-state index contributed by atoms with van der Waals surface area (Å²) in [6, 6.07) is 0.631. The van der Waals surface area contributed by atoms with E-state index in [-0.39, 0.29) is 68.5 Å². The smallest absolute Gasteiger partial charge is 0.232 e. The number of anilines is 6. The Morgan fingerprint density at radius 2 is 0.413 bits per heavy atom. The van der Waals surface area contributed by atoms with Crippen molar-refractivity contribution in [3.8, 4) is 0 Å². The number of hydrogen-bond donors (Lipinski definition) is 0. The third kappa shape index (κ3) is 24.0. The molecular weight excluding hydrogens is 1300 g/mol. The van der Waals surface area contributed by atoms with E-state index in [1.165, 1.54) is 0 Å². The predicted octanol–water partition coefficient (Wildman–Crippen LogP) is 19.4. The van der Waals surface area contributed by atoms with Gasteiger partial charge in [-0.05, 0) is 239 Å². The molecule has 20 heteroatoms. The second-order valence-corrected chi connectivity index (χ2v) is 37.0. The first-order valence-corrected chi connectivity index (χ1v) is 42.9. The van der Waals surface area contributed by atoms with Gasteiger partial charge in [0.15, 0.2) is 0 Å². The van der Waals surface area contributed by atoms with Gasteiger partial charge in [0.25, 0.3) is 0 Å². The zero-order chi connectivity index (χ0) is 76.9. The summed E-state index contributed by atoms with van der Waals surface area (Å²) in [5.41, 5.74) is -1.98. The van der Waals surface area contributed by atoms with Gasteiger partial charge < -0.3 is 29.4 Å². The van der Waals surface area contributed by atoms with Crippen LogP contribution in [0.3, 0.4) is 0 Å². The van der Waals surface area contributed by atoms with Crippen LogP contribution in [0, 0.1) is 0 Å². The molecule has 4 saturated heterocycles. The molecule has 0 saturated carbocycles. The van der Waals surface area contributed by atoms with Crippen molar-refractivity contribution in [1.29, 1.82) is 0 Å². The van der Waals surface area contributed by atoms with E-state index >= 15 is 0 Å². The summed E-state index contributed by atoms with van der Waals surface area (Å²) in [4.78, 5) is 77.2. The van der Waals surface area contributed by atoms with Crippen LogP contribution in [0.5, 0.6) is 0 Å². The van der Waals surface area contributed by atoms with Crippen molar-refractivity contribution in [2.75, 3.05) is 108 Å². The molecule has 0 unspecified atom stereocenters. The lowest BCUT2D eigenvalue weighted by atomic mass is 9.78. The Morgan fingerprint density at radius 1 is 0.240 bits per heavy atom. The highest BCUT2D eigenvalue weighted by atomic mass is 16.7. The van der Waals surface area contributed by atoms with Crippen LogP contribution in [0.25, 0.3) is 0 Å². The Balaban J connectivity index is 1.52. The highest BCUT2D eigenvalue weighted by molar-refractivity contribution is 5.50. The van der Waals surface area contributed by atoms with E-state index in [1.54, 1.807) is 0 Å². The van der Waals surface area contributed by atoms with E-state index < -0.39 is 0 Å². The molecule has 0 amide bonds. The Bertz CT molecular complexity index is 2580. The summed E-state index contributed by atoms with van der Waals surface area (Å²) < 4.78 is 0. The largest absolute Gasteiger partial charge is 0.341 e. The van der Waals surface area contributed by atoms with Crippen LogP contribution in [0.2, 0.25) is 0 Å². The first-order chi connectivity index (χ1) is 49.1. The fourth-order valence-corrected chi connectivity index (χ4v) is 18.7. The van der Waals surface area contributed by atoms with Crippen molar-refractivity contribution in [3.05, 3.63) is 0 Å². The van der Waals surface area contributed by atoms with Crippen molar-refractivity contribution in [1.82, 2.24) is 50.2 Å². The van der Waals surface area contributed by atoms with E-state index in [0.29, 0.717) is 26.4 Å². The molecular formula is C84H162N16O4. The molecule has 4 aliphatic rings. The fourth-order valence-electron chi connectivity index (χ4n) is 18.7. The molecule has 0 atom stereocenters.